The molecule has 0 radical (unpaired) electrons. The molecule has 5 rings (SSSR count). The molecule has 12 heteroatoms. The molecule has 1 aliphatic heterocycles. The topological polar surface area (TPSA) is 114 Å². The van der Waals surface area contributed by atoms with Crippen LogP contribution in [0.1, 0.15) is 65.2 Å². The average Bonchev–Trinajstić information content (AvgIpc) is 3.48. The maximum Gasteiger partial charge on any atom is 0.435 e. The van der Waals surface area contributed by atoms with Gasteiger partial charge in [-0.15, -0.1) is 0 Å². The standard InChI is InChI=1S/C27H33F3N6O3/c1-26(2)10-20-22(21(37)11-26)23(27(28,29)30)33-36(20)17-5-6-18(24(31)38)19(9-17)32-16-7-14-12-35(13-15(14)8-16)25(39)34(3)4/h5-6,9,14-16,32H,7-8,10-13H2,1-4H3,(H2,31,38). The summed E-state index contributed by atoms with van der Waals surface area (Å²) in [5.74, 6) is -0.620. The van der Waals surface area contributed by atoms with E-state index in [9.17, 15) is 27.6 Å². The number of rotatable bonds is 4. The molecule has 3 aliphatic rings. The molecule has 210 valence electrons. The van der Waals surface area contributed by atoms with E-state index in [-0.39, 0.29) is 41.7 Å². The lowest BCUT2D eigenvalue weighted by molar-refractivity contribution is -0.141. The quantitative estimate of drug-likeness (QED) is 0.603. The summed E-state index contributed by atoms with van der Waals surface area (Å²) < 4.78 is 42.9. The van der Waals surface area contributed by atoms with Crippen molar-refractivity contribution in [3.63, 3.8) is 0 Å². The summed E-state index contributed by atoms with van der Waals surface area (Å²) in [6.45, 7) is 5.00. The number of hydrogen-bond acceptors (Lipinski definition) is 5. The zero-order chi connectivity index (χ0) is 28.4. The minimum absolute atomic E-state index is 0.00254. The molecule has 1 saturated carbocycles. The number of benzene rings is 1. The first-order chi connectivity index (χ1) is 18.1. The molecule has 0 spiro atoms. The number of amides is 3. The fraction of sp³-hybridized carbons (Fsp3) is 0.556. The van der Waals surface area contributed by atoms with E-state index in [0.717, 1.165) is 12.8 Å². The second-order valence-electron chi connectivity index (χ2n) is 12.0. The van der Waals surface area contributed by atoms with Crippen molar-refractivity contribution in [1.29, 1.82) is 0 Å². The monoisotopic (exact) mass is 546 g/mol. The second-order valence-corrected chi connectivity index (χ2v) is 12.0. The number of primary amides is 1. The molecule has 2 aromatic rings. The van der Waals surface area contributed by atoms with Crippen molar-refractivity contribution < 1.29 is 27.6 Å². The summed E-state index contributed by atoms with van der Waals surface area (Å²) in [6.07, 6.45) is -2.98. The zero-order valence-electron chi connectivity index (χ0n) is 22.4. The number of nitrogens with two attached hydrogens (primary N) is 1. The highest BCUT2D eigenvalue weighted by Gasteiger charge is 2.46. The van der Waals surface area contributed by atoms with Crippen molar-refractivity contribution in [2.45, 2.75) is 51.7 Å². The highest BCUT2D eigenvalue weighted by Crippen LogP contribution is 2.43. The van der Waals surface area contributed by atoms with Gasteiger partial charge in [-0.2, -0.15) is 18.3 Å². The SMILES string of the molecule is CN(C)C(=O)N1CC2CC(Nc3cc(-n4nc(C(F)(F)F)c5c4CC(C)(C)CC5=O)ccc3C(N)=O)CC2C1. The number of hydrogen-bond donors (Lipinski definition) is 2. The Morgan fingerprint density at radius 1 is 1.13 bits per heavy atom. The first-order valence-electron chi connectivity index (χ1n) is 13.0. The summed E-state index contributed by atoms with van der Waals surface area (Å²) >= 11 is 0. The molecule has 2 fully saturated rings. The van der Waals surface area contributed by atoms with Gasteiger partial charge >= 0.3 is 12.2 Å². The van der Waals surface area contributed by atoms with E-state index in [2.05, 4.69) is 10.4 Å². The molecule has 3 N–H and O–H groups in total. The van der Waals surface area contributed by atoms with Crippen LogP contribution in [0.2, 0.25) is 0 Å². The molecule has 3 amide bonds. The molecule has 1 aromatic heterocycles. The lowest BCUT2D eigenvalue weighted by Crippen LogP contribution is -2.38. The average molecular weight is 547 g/mol. The van der Waals surface area contributed by atoms with Crippen LogP contribution >= 0.6 is 0 Å². The van der Waals surface area contributed by atoms with Crippen molar-refractivity contribution in [3.05, 3.63) is 40.7 Å². The van der Waals surface area contributed by atoms with Gasteiger partial charge in [-0.1, -0.05) is 13.8 Å². The van der Waals surface area contributed by atoms with Gasteiger partial charge in [0.2, 0.25) is 0 Å². The first-order valence-corrected chi connectivity index (χ1v) is 13.0. The highest BCUT2D eigenvalue weighted by molar-refractivity contribution is 6.00. The Balaban J connectivity index is 1.46. The van der Waals surface area contributed by atoms with Crippen LogP contribution in [0.25, 0.3) is 5.69 Å². The third-order valence-corrected chi connectivity index (χ3v) is 8.09. The number of likely N-dealkylation sites (tertiary alicyclic amines) is 1. The van der Waals surface area contributed by atoms with Crippen LogP contribution in [-0.4, -0.2) is 70.5 Å². The van der Waals surface area contributed by atoms with Gasteiger partial charge in [-0.05, 0) is 54.7 Å². The lowest BCUT2D eigenvalue weighted by Gasteiger charge is -2.29. The molecule has 39 heavy (non-hydrogen) atoms. The first kappa shape index (κ1) is 27.0. The zero-order valence-corrected chi connectivity index (χ0v) is 22.4. The van der Waals surface area contributed by atoms with Crippen molar-refractivity contribution in [2.75, 3.05) is 32.5 Å². The van der Waals surface area contributed by atoms with E-state index < -0.39 is 29.0 Å². The molecule has 9 nitrogen and oxygen atoms in total. The predicted molar refractivity (Wildman–Crippen MR) is 138 cm³/mol. The molecular formula is C27H33F3N6O3. The van der Waals surface area contributed by atoms with Gasteiger partial charge in [0.05, 0.1) is 22.5 Å². The number of carbonyl (C=O) groups excluding carboxylic acids is 3. The van der Waals surface area contributed by atoms with Crippen molar-refractivity contribution in [2.24, 2.45) is 23.0 Å². The van der Waals surface area contributed by atoms with Gasteiger partial charge < -0.3 is 20.9 Å². The maximum absolute atomic E-state index is 13.9. The summed E-state index contributed by atoms with van der Waals surface area (Å²) in [6, 6.07) is 4.54. The van der Waals surface area contributed by atoms with Gasteiger partial charge in [-0.3, -0.25) is 9.59 Å². The molecule has 2 heterocycles. The van der Waals surface area contributed by atoms with Crippen LogP contribution in [-0.2, 0) is 12.6 Å². The number of alkyl halides is 3. The summed E-state index contributed by atoms with van der Waals surface area (Å²) in [5, 5.41) is 7.26. The van der Waals surface area contributed by atoms with E-state index in [0.29, 0.717) is 36.3 Å². The van der Waals surface area contributed by atoms with Gasteiger partial charge in [0, 0.05) is 45.3 Å². The Hall–Kier alpha value is -3.57. The third-order valence-electron chi connectivity index (χ3n) is 8.09. The van der Waals surface area contributed by atoms with Gasteiger partial charge in [-0.25, -0.2) is 9.48 Å². The van der Waals surface area contributed by atoms with Crippen molar-refractivity contribution >= 4 is 23.4 Å². The number of urea groups is 1. The molecule has 2 atom stereocenters. The Labute approximate surface area is 224 Å². The largest absolute Gasteiger partial charge is 0.435 e. The minimum Gasteiger partial charge on any atom is -0.382 e. The Morgan fingerprint density at radius 2 is 1.77 bits per heavy atom. The van der Waals surface area contributed by atoms with Gasteiger partial charge in [0.1, 0.15) is 0 Å². The minimum atomic E-state index is -4.79. The van der Waals surface area contributed by atoms with Crippen molar-refractivity contribution in [1.82, 2.24) is 19.6 Å². The van der Waals surface area contributed by atoms with Crippen molar-refractivity contribution in [3.8, 4) is 5.69 Å². The Bertz CT molecular complexity index is 1330. The summed E-state index contributed by atoms with van der Waals surface area (Å²) in [5.41, 5.74) is 4.68. The smallest absolute Gasteiger partial charge is 0.382 e. The number of Topliss-reactive ketones (excluding diaryl/α,β-unsaturated/α-hetero) is 1. The van der Waals surface area contributed by atoms with E-state index in [1.165, 1.54) is 16.8 Å². The molecular weight excluding hydrogens is 513 g/mol. The van der Waals surface area contributed by atoms with E-state index in [1.54, 1.807) is 25.1 Å². The molecule has 1 aromatic carbocycles. The van der Waals surface area contributed by atoms with Crippen LogP contribution in [0.5, 0.6) is 0 Å². The normalized spacial score (nSPS) is 23.9. The van der Waals surface area contributed by atoms with Gasteiger partial charge in [0.25, 0.3) is 5.91 Å². The van der Waals surface area contributed by atoms with Crippen LogP contribution in [0, 0.1) is 17.3 Å². The number of nitrogens with one attached hydrogen (secondary N) is 1. The molecule has 2 unspecified atom stereocenters. The third kappa shape index (κ3) is 4.96. The number of fused-ring (bicyclic) bond motifs is 2. The number of aromatic nitrogens is 2. The molecule has 1 saturated heterocycles. The van der Waals surface area contributed by atoms with E-state index >= 15 is 0 Å². The number of ketones is 1. The summed E-state index contributed by atoms with van der Waals surface area (Å²) in [4.78, 5) is 40.8. The van der Waals surface area contributed by atoms with Gasteiger partial charge in [0.15, 0.2) is 11.5 Å². The number of carbonyl (C=O) groups is 3. The fourth-order valence-electron chi connectivity index (χ4n) is 6.44. The van der Waals surface area contributed by atoms with E-state index in [1.807, 2.05) is 18.7 Å². The summed E-state index contributed by atoms with van der Waals surface area (Å²) in [7, 11) is 3.45. The molecule has 2 aliphatic carbocycles. The Kier molecular flexibility index (Phi) is 6.42. The second kappa shape index (κ2) is 9.27. The lowest BCUT2D eigenvalue weighted by atomic mass is 9.75. The van der Waals surface area contributed by atoms with E-state index in [4.69, 9.17) is 5.73 Å². The van der Waals surface area contributed by atoms with Crippen LogP contribution in [0.3, 0.4) is 0 Å². The number of halogens is 3. The van der Waals surface area contributed by atoms with Crippen LogP contribution < -0.4 is 11.1 Å². The van der Waals surface area contributed by atoms with Crippen LogP contribution in [0.4, 0.5) is 23.7 Å². The molecule has 0 bridgehead atoms. The maximum atomic E-state index is 13.9. The highest BCUT2D eigenvalue weighted by atomic mass is 19.4. The number of anilines is 1. The number of nitrogens with zero attached hydrogens (tertiary/aromatic N) is 4. The predicted octanol–water partition coefficient (Wildman–Crippen LogP) is 3.95. The fourth-order valence-corrected chi connectivity index (χ4v) is 6.44. The van der Waals surface area contributed by atoms with Crippen LogP contribution in [0.15, 0.2) is 18.2 Å². The Morgan fingerprint density at radius 3 is 2.33 bits per heavy atom.